The third-order valence-electron chi connectivity index (χ3n) is 5.73. The van der Waals surface area contributed by atoms with Crippen molar-refractivity contribution >= 4 is 29.9 Å². The molecule has 0 radical (unpaired) electrons. The number of nitrogens with one attached hydrogen (secondary N) is 2. The fourth-order valence-electron chi connectivity index (χ4n) is 3.86. The SMILES string of the molecule is CCC1(CNC(=NC)NCC2(CCO)CCOC2)CCCC1.I. The van der Waals surface area contributed by atoms with Crippen LogP contribution in [0, 0.1) is 10.8 Å². The molecule has 0 amide bonds. The van der Waals surface area contributed by atoms with E-state index in [9.17, 15) is 5.11 Å². The van der Waals surface area contributed by atoms with Crippen LogP contribution in [0.5, 0.6) is 0 Å². The van der Waals surface area contributed by atoms with Crippen LogP contribution in [-0.4, -0.2) is 51.0 Å². The van der Waals surface area contributed by atoms with Gasteiger partial charge in [-0.15, -0.1) is 24.0 Å². The Balaban J connectivity index is 0.00000264. The summed E-state index contributed by atoms with van der Waals surface area (Å²) in [5.74, 6) is 0.879. The van der Waals surface area contributed by atoms with E-state index in [1.807, 2.05) is 7.05 Å². The van der Waals surface area contributed by atoms with Crippen LogP contribution >= 0.6 is 24.0 Å². The van der Waals surface area contributed by atoms with E-state index in [1.165, 1.54) is 32.1 Å². The van der Waals surface area contributed by atoms with Gasteiger partial charge in [-0.05, 0) is 37.5 Å². The zero-order valence-electron chi connectivity index (χ0n) is 14.7. The summed E-state index contributed by atoms with van der Waals surface area (Å²) in [6.45, 7) is 5.87. The van der Waals surface area contributed by atoms with Crippen molar-refractivity contribution in [3.05, 3.63) is 0 Å². The highest BCUT2D eigenvalue weighted by molar-refractivity contribution is 14.0. The standard InChI is InChI=1S/C17H33N3O2.HI/c1-3-16(6-4-5-7-16)12-19-15(18-2)20-13-17(8-10-21)9-11-22-14-17;/h21H,3-14H2,1-2H3,(H2,18,19,20);1H. The molecule has 136 valence electrons. The molecule has 6 heteroatoms. The van der Waals surface area contributed by atoms with Crippen molar-refractivity contribution in [3.63, 3.8) is 0 Å². The number of halogens is 1. The van der Waals surface area contributed by atoms with Crippen LogP contribution in [0.2, 0.25) is 0 Å². The Labute approximate surface area is 158 Å². The van der Waals surface area contributed by atoms with Crippen molar-refractivity contribution in [2.45, 2.75) is 51.9 Å². The van der Waals surface area contributed by atoms with Gasteiger partial charge in [0.1, 0.15) is 0 Å². The quantitative estimate of drug-likeness (QED) is 0.324. The fraction of sp³-hybridized carbons (Fsp3) is 0.941. The van der Waals surface area contributed by atoms with Gasteiger partial charge < -0.3 is 20.5 Å². The summed E-state index contributed by atoms with van der Waals surface area (Å²) in [6, 6.07) is 0. The van der Waals surface area contributed by atoms with Crippen LogP contribution in [0.4, 0.5) is 0 Å². The van der Waals surface area contributed by atoms with E-state index < -0.39 is 0 Å². The Morgan fingerprint density at radius 3 is 2.26 bits per heavy atom. The molecule has 3 N–H and O–H groups in total. The normalized spacial score (nSPS) is 26.8. The van der Waals surface area contributed by atoms with E-state index >= 15 is 0 Å². The molecular weight excluding hydrogens is 405 g/mol. The highest BCUT2D eigenvalue weighted by Gasteiger charge is 2.35. The van der Waals surface area contributed by atoms with Crippen LogP contribution in [-0.2, 0) is 4.74 Å². The maximum Gasteiger partial charge on any atom is 0.191 e. The van der Waals surface area contributed by atoms with E-state index in [2.05, 4.69) is 22.5 Å². The lowest BCUT2D eigenvalue weighted by molar-refractivity contribution is 0.127. The highest BCUT2D eigenvalue weighted by Crippen LogP contribution is 2.40. The van der Waals surface area contributed by atoms with E-state index in [0.717, 1.165) is 45.1 Å². The summed E-state index contributed by atoms with van der Waals surface area (Å²) in [5.41, 5.74) is 0.513. The van der Waals surface area contributed by atoms with Crippen molar-refractivity contribution in [2.75, 3.05) is 40.0 Å². The molecular formula is C17H34IN3O2. The van der Waals surface area contributed by atoms with Crippen molar-refractivity contribution in [1.29, 1.82) is 0 Å². The average Bonchev–Trinajstić information content (AvgIpc) is 3.18. The van der Waals surface area contributed by atoms with Gasteiger partial charge in [-0.2, -0.15) is 0 Å². The highest BCUT2D eigenvalue weighted by atomic mass is 127. The third-order valence-corrected chi connectivity index (χ3v) is 5.73. The molecule has 1 aliphatic heterocycles. The Morgan fingerprint density at radius 2 is 1.78 bits per heavy atom. The second kappa shape index (κ2) is 10.0. The van der Waals surface area contributed by atoms with Crippen molar-refractivity contribution in [1.82, 2.24) is 10.6 Å². The van der Waals surface area contributed by atoms with E-state index in [1.54, 1.807) is 0 Å². The number of guanidine groups is 1. The summed E-state index contributed by atoms with van der Waals surface area (Å²) in [5, 5.41) is 16.3. The van der Waals surface area contributed by atoms with Crippen molar-refractivity contribution < 1.29 is 9.84 Å². The minimum Gasteiger partial charge on any atom is -0.396 e. The first kappa shape index (κ1) is 21.0. The van der Waals surface area contributed by atoms with Gasteiger partial charge in [0, 0.05) is 38.8 Å². The number of hydrogen-bond donors (Lipinski definition) is 3. The number of ether oxygens (including phenoxy) is 1. The first-order valence-corrected chi connectivity index (χ1v) is 8.81. The lowest BCUT2D eigenvalue weighted by Gasteiger charge is -2.31. The molecule has 1 unspecified atom stereocenters. The van der Waals surface area contributed by atoms with Gasteiger partial charge in [-0.3, -0.25) is 4.99 Å². The van der Waals surface area contributed by atoms with E-state index in [0.29, 0.717) is 5.41 Å². The summed E-state index contributed by atoms with van der Waals surface area (Å²) >= 11 is 0. The zero-order chi connectivity index (χ0) is 15.9. The lowest BCUT2D eigenvalue weighted by Crippen LogP contribution is -2.47. The molecule has 2 rings (SSSR count). The molecule has 5 nitrogen and oxygen atoms in total. The maximum absolute atomic E-state index is 9.30. The Morgan fingerprint density at radius 1 is 1.13 bits per heavy atom. The molecule has 2 aliphatic rings. The number of nitrogens with zero attached hydrogens (tertiary/aromatic N) is 1. The zero-order valence-corrected chi connectivity index (χ0v) is 17.0. The van der Waals surface area contributed by atoms with Crippen LogP contribution in [0.1, 0.15) is 51.9 Å². The number of aliphatic imine (C=N–C) groups is 1. The van der Waals surface area contributed by atoms with E-state index in [-0.39, 0.29) is 36.0 Å². The van der Waals surface area contributed by atoms with Crippen LogP contribution in [0.3, 0.4) is 0 Å². The van der Waals surface area contributed by atoms with Crippen LogP contribution in [0.15, 0.2) is 4.99 Å². The minimum atomic E-state index is 0. The third kappa shape index (κ3) is 5.74. The average molecular weight is 439 g/mol. The second-order valence-corrected chi connectivity index (χ2v) is 7.12. The molecule has 0 aromatic carbocycles. The lowest BCUT2D eigenvalue weighted by atomic mass is 9.83. The first-order valence-electron chi connectivity index (χ1n) is 8.81. The maximum atomic E-state index is 9.30. The summed E-state index contributed by atoms with van der Waals surface area (Å²) in [6.07, 6.45) is 8.41. The second-order valence-electron chi connectivity index (χ2n) is 7.12. The topological polar surface area (TPSA) is 65.9 Å². The fourth-order valence-corrected chi connectivity index (χ4v) is 3.86. The first-order chi connectivity index (χ1) is 10.7. The molecule has 1 saturated heterocycles. The predicted octanol–water partition coefficient (Wildman–Crippen LogP) is 2.53. The summed E-state index contributed by atoms with van der Waals surface area (Å²) < 4.78 is 5.54. The van der Waals surface area contributed by atoms with Gasteiger partial charge in [0.15, 0.2) is 5.96 Å². The largest absolute Gasteiger partial charge is 0.396 e. The molecule has 1 atom stereocenters. The summed E-state index contributed by atoms with van der Waals surface area (Å²) in [4.78, 5) is 4.36. The molecule has 2 fully saturated rings. The molecule has 0 aromatic rings. The molecule has 1 saturated carbocycles. The van der Waals surface area contributed by atoms with E-state index in [4.69, 9.17) is 4.74 Å². The van der Waals surface area contributed by atoms with Crippen LogP contribution in [0.25, 0.3) is 0 Å². The molecule has 23 heavy (non-hydrogen) atoms. The Bertz CT molecular complexity index is 365. The van der Waals surface area contributed by atoms with Crippen molar-refractivity contribution in [2.24, 2.45) is 15.8 Å². The molecule has 1 aliphatic carbocycles. The van der Waals surface area contributed by atoms with Gasteiger partial charge in [-0.25, -0.2) is 0 Å². The number of aliphatic hydroxyl groups excluding tert-OH is 1. The monoisotopic (exact) mass is 439 g/mol. The predicted molar refractivity (Wildman–Crippen MR) is 106 cm³/mol. The van der Waals surface area contributed by atoms with Gasteiger partial charge in [0.05, 0.1) is 6.61 Å². The van der Waals surface area contributed by atoms with Gasteiger partial charge in [0.2, 0.25) is 0 Å². The van der Waals surface area contributed by atoms with Gasteiger partial charge in [0.25, 0.3) is 0 Å². The molecule has 1 heterocycles. The Hall–Kier alpha value is -0.0800. The van der Waals surface area contributed by atoms with Gasteiger partial charge in [-0.1, -0.05) is 19.8 Å². The number of rotatable bonds is 7. The smallest absolute Gasteiger partial charge is 0.191 e. The molecule has 0 aromatic heterocycles. The van der Waals surface area contributed by atoms with Gasteiger partial charge >= 0.3 is 0 Å². The van der Waals surface area contributed by atoms with Crippen LogP contribution < -0.4 is 10.6 Å². The number of aliphatic hydroxyl groups is 1. The Kier molecular flexibility index (Phi) is 9.15. The summed E-state index contributed by atoms with van der Waals surface area (Å²) in [7, 11) is 1.83. The minimum absolute atomic E-state index is 0. The molecule has 0 spiro atoms. The van der Waals surface area contributed by atoms with Crippen molar-refractivity contribution in [3.8, 4) is 0 Å². The molecule has 0 bridgehead atoms. The number of hydrogen-bond acceptors (Lipinski definition) is 3.